The van der Waals surface area contributed by atoms with Crippen LogP contribution in [0.15, 0.2) is 24.3 Å². The molecule has 1 saturated heterocycles. The molecule has 19 heavy (non-hydrogen) atoms. The summed E-state index contributed by atoms with van der Waals surface area (Å²) < 4.78 is 5.95. The summed E-state index contributed by atoms with van der Waals surface area (Å²) >= 11 is 0. The number of ether oxygens (including phenoxy) is 1. The zero-order valence-corrected chi connectivity index (χ0v) is 12.0. The van der Waals surface area contributed by atoms with Crippen molar-refractivity contribution in [1.29, 1.82) is 0 Å². The standard InChI is InChI=1S/C16H26N2O/c1-2-3-6-13-19-16-8-5-4-7-15(16)18-11-9-14(17)10-12-18/h4-5,7-8,14H,2-3,6,9-13,17H2,1H3. The predicted octanol–water partition coefficient (Wildman–Crippen LogP) is 3.18. The minimum Gasteiger partial charge on any atom is -0.491 e. The molecule has 1 aliphatic heterocycles. The maximum absolute atomic E-state index is 5.97. The fourth-order valence-electron chi connectivity index (χ4n) is 2.52. The van der Waals surface area contributed by atoms with Crippen molar-refractivity contribution in [2.45, 2.75) is 45.1 Å². The molecule has 1 heterocycles. The van der Waals surface area contributed by atoms with Crippen LogP contribution in [0.25, 0.3) is 0 Å². The third-order valence-electron chi connectivity index (χ3n) is 3.75. The zero-order chi connectivity index (χ0) is 13.5. The van der Waals surface area contributed by atoms with Crippen molar-refractivity contribution in [3.63, 3.8) is 0 Å². The van der Waals surface area contributed by atoms with Crippen molar-refractivity contribution in [1.82, 2.24) is 0 Å². The molecule has 1 aromatic carbocycles. The average molecular weight is 262 g/mol. The Balaban J connectivity index is 1.95. The van der Waals surface area contributed by atoms with Gasteiger partial charge in [-0.05, 0) is 31.4 Å². The van der Waals surface area contributed by atoms with E-state index in [1.807, 2.05) is 6.07 Å². The van der Waals surface area contributed by atoms with E-state index in [0.29, 0.717) is 6.04 Å². The molecule has 3 heteroatoms. The van der Waals surface area contributed by atoms with Crippen LogP contribution in [0.1, 0.15) is 39.0 Å². The summed E-state index contributed by atoms with van der Waals surface area (Å²) in [6, 6.07) is 8.74. The molecule has 1 aromatic rings. The fourth-order valence-corrected chi connectivity index (χ4v) is 2.52. The lowest BCUT2D eigenvalue weighted by Gasteiger charge is -2.33. The Morgan fingerprint density at radius 1 is 1.21 bits per heavy atom. The van der Waals surface area contributed by atoms with Crippen molar-refractivity contribution < 1.29 is 4.74 Å². The molecule has 1 aliphatic rings. The van der Waals surface area contributed by atoms with Crippen LogP contribution in [0.5, 0.6) is 5.75 Å². The summed E-state index contributed by atoms with van der Waals surface area (Å²) in [6.45, 7) is 5.11. The van der Waals surface area contributed by atoms with Gasteiger partial charge >= 0.3 is 0 Å². The molecule has 106 valence electrons. The molecule has 0 spiro atoms. The first-order valence-corrected chi connectivity index (χ1v) is 7.53. The second-order valence-electron chi connectivity index (χ2n) is 5.35. The molecule has 2 rings (SSSR count). The van der Waals surface area contributed by atoms with Crippen molar-refractivity contribution in [2.24, 2.45) is 5.73 Å². The van der Waals surface area contributed by atoms with E-state index in [1.54, 1.807) is 0 Å². The Kier molecular flexibility index (Phi) is 5.52. The minimum absolute atomic E-state index is 0.369. The molecule has 3 nitrogen and oxygen atoms in total. The van der Waals surface area contributed by atoms with Gasteiger partial charge in [0, 0.05) is 19.1 Å². The van der Waals surface area contributed by atoms with E-state index in [0.717, 1.165) is 44.7 Å². The molecule has 0 bridgehead atoms. The Labute approximate surface area is 116 Å². The van der Waals surface area contributed by atoms with E-state index in [1.165, 1.54) is 18.5 Å². The SMILES string of the molecule is CCCCCOc1ccccc1N1CCC(N)CC1. The van der Waals surface area contributed by atoms with Crippen LogP contribution in [0.3, 0.4) is 0 Å². The van der Waals surface area contributed by atoms with Gasteiger partial charge in [-0.25, -0.2) is 0 Å². The van der Waals surface area contributed by atoms with Crippen LogP contribution in [-0.4, -0.2) is 25.7 Å². The van der Waals surface area contributed by atoms with E-state index < -0.39 is 0 Å². The van der Waals surface area contributed by atoms with Crippen molar-refractivity contribution in [3.05, 3.63) is 24.3 Å². The summed E-state index contributed by atoms with van der Waals surface area (Å²) in [5, 5.41) is 0. The largest absolute Gasteiger partial charge is 0.491 e. The third-order valence-corrected chi connectivity index (χ3v) is 3.75. The number of hydrogen-bond acceptors (Lipinski definition) is 3. The molecule has 0 radical (unpaired) electrons. The van der Waals surface area contributed by atoms with E-state index in [-0.39, 0.29) is 0 Å². The number of rotatable bonds is 6. The number of nitrogens with two attached hydrogens (primary N) is 1. The first-order chi connectivity index (χ1) is 9.31. The number of anilines is 1. The summed E-state index contributed by atoms with van der Waals surface area (Å²) in [4.78, 5) is 2.40. The molecular weight excluding hydrogens is 236 g/mol. The van der Waals surface area contributed by atoms with Gasteiger partial charge in [-0.3, -0.25) is 0 Å². The molecule has 0 saturated carbocycles. The highest BCUT2D eigenvalue weighted by Crippen LogP contribution is 2.30. The quantitative estimate of drug-likeness (QED) is 0.800. The second-order valence-corrected chi connectivity index (χ2v) is 5.35. The predicted molar refractivity (Wildman–Crippen MR) is 80.9 cm³/mol. The lowest BCUT2D eigenvalue weighted by molar-refractivity contribution is 0.306. The van der Waals surface area contributed by atoms with Gasteiger partial charge in [-0.2, -0.15) is 0 Å². The van der Waals surface area contributed by atoms with Crippen LogP contribution in [0.2, 0.25) is 0 Å². The van der Waals surface area contributed by atoms with Gasteiger partial charge in [0.2, 0.25) is 0 Å². The van der Waals surface area contributed by atoms with Gasteiger partial charge in [0.25, 0.3) is 0 Å². The summed E-state index contributed by atoms with van der Waals surface area (Å²) in [6.07, 6.45) is 5.75. The Morgan fingerprint density at radius 3 is 2.68 bits per heavy atom. The summed E-state index contributed by atoms with van der Waals surface area (Å²) in [5.74, 6) is 1.02. The van der Waals surface area contributed by atoms with Crippen molar-refractivity contribution >= 4 is 5.69 Å². The number of benzene rings is 1. The van der Waals surface area contributed by atoms with Crippen LogP contribution < -0.4 is 15.4 Å². The van der Waals surface area contributed by atoms with Crippen LogP contribution in [0.4, 0.5) is 5.69 Å². The third kappa shape index (κ3) is 4.13. The Morgan fingerprint density at radius 2 is 1.95 bits per heavy atom. The van der Waals surface area contributed by atoms with Gasteiger partial charge in [-0.1, -0.05) is 31.9 Å². The lowest BCUT2D eigenvalue weighted by Crippen LogP contribution is -2.39. The van der Waals surface area contributed by atoms with Gasteiger partial charge in [-0.15, -0.1) is 0 Å². The minimum atomic E-state index is 0.369. The molecule has 0 unspecified atom stereocenters. The lowest BCUT2D eigenvalue weighted by atomic mass is 10.1. The number of hydrogen-bond donors (Lipinski definition) is 1. The molecule has 1 fully saturated rings. The average Bonchev–Trinajstić information content (AvgIpc) is 2.45. The molecule has 0 aromatic heterocycles. The van der Waals surface area contributed by atoms with Gasteiger partial charge in [0.1, 0.15) is 5.75 Å². The van der Waals surface area contributed by atoms with Gasteiger partial charge in [0.15, 0.2) is 0 Å². The smallest absolute Gasteiger partial charge is 0.142 e. The zero-order valence-electron chi connectivity index (χ0n) is 12.0. The molecule has 0 amide bonds. The maximum Gasteiger partial charge on any atom is 0.142 e. The Hall–Kier alpha value is -1.22. The van der Waals surface area contributed by atoms with E-state index >= 15 is 0 Å². The summed E-state index contributed by atoms with van der Waals surface area (Å²) in [5.41, 5.74) is 7.20. The first kappa shape index (κ1) is 14.2. The van der Waals surface area contributed by atoms with Gasteiger partial charge < -0.3 is 15.4 Å². The maximum atomic E-state index is 5.97. The molecular formula is C16H26N2O. The van der Waals surface area contributed by atoms with E-state index in [9.17, 15) is 0 Å². The van der Waals surface area contributed by atoms with E-state index in [2.05, 4.69) is 30.0 Å². The highest BCUT2D eigenvalue weighted by Gasteiger charge is 2.18. The van der Waals surface area contributed by atoms with Crippen LogP contribution in [0, 0.1) is 0 Å². The Bertz CT molecular complexity index is 373. The first-order valence-electron chi connectivity index (χ1n) is 7.53. The molecule has 2 N–H and O–H groups in total. The topological polar surface area (TPSA) is 38.5 Å². The van der Waals surface area contributed by atoms with E-state index in [4.69, 9.17) is 10.5 Å². The summed E-state index contributed by atoms with van der Waals surface area (Å²) in [7, 11) is 0. The fraction of sp³-hybridized carbons (Fsp3) is 0.625. The van der Waals surface area contributed by atoms with Crippen molar-refractivity contribution in [3.8, 4) is 5.75 Å². The number of piperidine rings is 1. The monoisotopic (exact) mass is 262 g/mol. The second kappa shape index (κ2) is 7.39. The molecule has 0 atom stereocenters. The van der Waals surface area contributed by atoms with Gasteiger partial charge in [0.05, 0.1) is 12.3 Å². The normalized spacial score (nSPS) is 16.6. The van der Waals surface area contributed by atoms with Crippen LogP contribution in [-0.2, 0) is 0 Å². The highest BCUT2D eigenvalue weighted by atomic mass is 16.5. The number of nitrogens with zero attached hydrogens (tertiary/aromatic N) is 1. The number of unbranched alkanes of at least 4 members (excludes halogenated alkanes) is 2. The van der Waals surface area contributed by atoms with Crippen molar-refractivity contribution in [2.75, 3.05) is 24.6 Å². The number of para-hydroxylation sites is 2. The molecule has 0 aliphatic carbocycles. The highest BCUT2D eigenvalue weighted by molar-refractivity contribution is 5.58. The van der Waals surface area contributed by atoms with Crippen LogP contribution >= 0.6 is 0 Å².